The summed E-state index contributed by atoms with van der Waals surface area (Å²) in [6, 6.07) is 7.31. The molecule has 1 aliphatic rings. The van der Waals surface area contributed by atoms with E-state index in [1.807, 2.05) is 26.2 Å². The van der Waals surface area contributed by atoms with Gasteiger partial charge in [-0.3, -0.25) is 0 Å². The maximum atomic E-state index is 11.0. The van der Waals surface area contributed by atoms with Gasteiger partial charge in [-0.25, -0.2) is 0 Å². The Kier molecular flexibility index (Phi) is 6.31. The highest BCUT2D eigenvalue weighted by Crippen LogP contribution is 2.40. The van der Waals surface area contributed by atoms with E-state index < -0.39 is 5.60 Å². The van der Waals surface area contributed by atoms with E-state index in [0.29, 0.717) is 0 Å². The highest BCUT2D eigenvalue weighted by molar-refractivity contribution is 5.85. The van der Waals surface area contributed by atoms with Crippen molar-refractivity contribution in [1.82, 2.24) is 4.90 Å². The molecule has 0 amide bonds. The lowest BCUT2D eigenvalue weighted by Crippen LogP contribution is -2.42. The molecule has 1 aliphatic carbocycles. The van der Waals surface area contributed by atoms with Crippen molar-refractivity contribution < 1.29 is 10.2 Å². The van der Waals surface area contributed by atoms with E-state index in [0.717, 1.165) is 37.8 Å². The topological polar surface area (TPSA) is 43.7 Å². The number of nitrogens with zero attached hydrogens (tertiary/aromatic N) is 1. The maximum Gasteiger partial charge on any atom is 0.115 e. The zero-order valence-electron chi connectivity index (χ0n) is 12.4. The van der Waals surface area contributed by atoms with Gasteiger partial charge in [-0.15, -0.1) is 12.4 Å². The van der Waals surface area contributed by atoms with Crippen LogP contribution in [0.4, 0.5) is 0 Å². The Labute approximate surface area is 128 Å². The molecule has 0 spiro atoms. The first-order chi connectivity index (χ1) is 9.01. The molecule has 1 saturated carbocycles. The van der Waals surface area contributed by atoms with E-state index >= 15 is 0 Å². The van der Waals surface area contributed by atoms with Crippen molar-refractivity contribution in [1.29, 1.82) is 0 Å². The number of aliphatic hydroxyl groups is 1. The molecule has 0 unspecified atom stereocenters. The maximum absolute atomic E-state index is 11.0. The molecule has 1 aromatic rings. The number of halogens is 1. The van der Waals surface area contributed by atoms with E-state index in [1.54, 1.807) is 12.1 Å². The minimum atomic E-state index is -0.598. The van der Waals surface area contributed by atoms with Gasteiger partial charge in [0.2, 0.25) is 0 Å². The van der Waals surface area contributed by atoms with Crippen LogP contribution in [-0.4, -0.2) is 41.4 Å². The zero-order valence-corrected chi connectivity index (χ0v) is 13.2. The van der Waals surface area contributed by atoms with Crippen molar-refractivity contribution in [3.8, 4) is 5.75 Å². The molecule has 0 saturated heterocycles. The van der Waals surface area contributed by atoms with Crippen LogP contribution in [0.5, 0.6) is 5.75 Å². The second kappa shape index (κ2) is 7.30. The highest BCUT2D eigenvalue weighted by atomic mass is 35.5. The summed E-state index contributed by atoms with van der Waals surface area (Å²) in [7, 11) is 4.08. The van der Waals surface area contributed by atoms with Crippen LogP contribution < -0.4 is 0 Å². The molecule has 1 aromatic carbocycles. The third-order valence-electron chi connectivity index (χ3n) is 4.21. The van der Waals surface area contributed by atoms with Gasteiger partial charge < -0.3 is 15.1 Å². The lowest BCUT2D eigenvalue weighted by Gasteiger charge is -2.40. The number of hydrogen-bond acceptors (Lipinski definition) is 3. The van der Waals surface area contributed by atoms with Gasteiger partial charge in [-0.05, 0) is 44.6 Å². The minimum absolute atomic E-state index is 0. The number of likely N-dealkylation sites (N-methyl/N-ethyl adjacent to an activating group) is 1. The van der Waals surface area contributed by atoms with Gasteiger partial charge in [0, 0.05) is 12.5 Å². The summed E-state index contributed by atoms with van der Waals surface area (Å²) in [5.74, 6) is 0.395. The highest BCUT2D eigenvalue weighted by Gasteiger charge is 2.38. The minimum Gasteiger partial charge on any atom is -0.508 e. The molecule has 1 atom stereocenters. The average Bonchev–Trinajstić information content (AvgIpc) is 2.38. The van der Waals surface area contributed by atoms with Gasteiger partial charge in [-0.1, -0.05) is 31.4 Å². The molecule has 20 heavy (non-hydrogen) atoms. The first-order valence-corrected chi connectivity index (χ1v) is 7.17. The van der Waals surface area contributed by atoms with Gasteiger partial charge in [0.25, 0.3) is 0 Å². The molecule has 1 fully saturated rings. The van der Waals surface area contributed by atoms with E-state index in [4.69, 9.17) is 0 Å². The number of aromatic hydroxyl groups is 1. The van der Waals surface area contributed by atoms with Crippen LogP contribution in [-0.2, 0) is 0 Å². The molecule has 0 radical (unpaired) electrons. The normalized spacial score (nSPS) is 19.4. The SMILES string of the molecule is CN(C)C[C@H](c1ccc(O)cc1)C1(O)CCCCC1.Cl. The Morgan fingerprint density at radius 2 is 1.65 bits per heavy atom. The zero-order chi connectivity index (χ0) is 13.9. The van der Waals surface area contributed by atoms with Gasteiger partial charge in [0.1, 0.15) is 5.75 Å². The summed E-state index contributed by atoms with van der Waals surface area (Å²) >= 11 is 0. The summed E-state index contributed by atoms with van der Waals surface area (Å²) in [6.45, 7) is 0.835. The standard InChI is InChI=1S/C16H25NO2.ClH/c1-17(2)12-15(13-6-8-14(18)9-7-13)16(19)10-4-3-5-11-16;/h6-9,15,18-19H,3-5,10-12H2,1-2H3;1H/t15-;/m1./s1. The second-order valence-corrected chi connectivity index (χ2v) is 6.07. The largest absolute Gasteiger partial charge is 0.508 e. The molecule has 0 heterocycles. The molecule has 0 aromatic heterocycles. The van der Waals surface area contributed by atoms with Crippen molar-refractivity contribution >= 4 is 12.4 Å². The van der Waals surface area contributed by atoms with E-state index in [9.17, 15) is 10.2 Å². The summed E-state index contributed by atoms with van der Waals surface area (Å²) in [6.07, 6.45) is 5.21. The number of benzene rings is 1. The number of rotatable bonds is 4. The summed E-state index contributed by atoms with van der Waals surface area (Å²) in [4.78, 5) is 2.13. The van der Waals surface area contributed by atoms with Crippen LogP contribution >= 0.6 is 12.4 Å². The van der Waals surface area contributed by atoms with Gasteiger partial charge in [0.05, 0.1) is 5.60 Å². The predicted octanol–water partition coefficient (Wildman–Crippen LogP) is 3.15. The lowest BCUT2D eigenvalue weighted by atomic mass is 9.72. The van der Waals surface area contributed by atoms with Gasteiger partial charge in [-0.2, -0.15) is 0 Å². The van der Waals surface area contributed by atoms with Crippen molar-refractivity contribution in [3.05, 3.63) is 29.8 Å². The van der Waals surface area contributed by atoms with E-state index in [1.165, 1.54) is 6.42 Å². The van der Waals surface area contributed by atoms with E-state index in [2.05, 4.69) is 4.90 Å². The fraction of sp³-hybridized carbons (Fsp3) is 0.625. The third kappa shape index (κ3) is 4.11. The summed E-state index contributed by atoms with van der Waals surface area (Å²) in [5, 5.41) is 20.4. The molecule has 4 heteroatoms. The van der Waals surface area contributed by atoms with Crippen molar-refractivity contribution in [3.63, 3.8) is 0 Å². The number of hydrogen-bond donors (Lipinski definition) is 2. The molecular weight excluding hydrogens is 274 g/mol. The lowest BCUT2D eigenvalue weighted by molar-refractivity contribution is -0.0277. The fourth-order valence-corrected chi connectivity index (χ4v) is 3.17. The van der Waals surface area contributed by atoms with Crippen molar-refractivity contribution in [2.75, 3.05) is 20.6 Å². The van der Waals surface area contributed by atoms with Crippen LogP contribution in [0.15, 0.2) is 24.3 Å². The monoisotopic (exact) mass is 299 g/mol. The van der Waals surface area contributed by atoms with Gasteiger partial charge in [0.15, 0.2) is 0 Å². The number of phenols is 1. The van der Waals surface area contributed by atoms with Crippen molar-refractivity contribution in [2.45, 2.75) is 43.6 Å². The first kappa shape index (κ1) is 17.3. The molecular formula is C16H26ClNO2. The molecule has 2 N–H and O–H groups in total. The van der Waals surface area contributed by atoms with Crippen LogP contribution in [0, 0.1) is 0 Å². The van der Waals surface area contributed by atoms with Crippen LogP contribution in [0.25, 0.3) is 0 Å². The predicted molar refractivity (Wildman–Crippen MR) is 84.7 cm³/mol. The Bertz CT molecular complexity index is 399. The Hall–Kier alpha value is -0.770. The Balaban J connectivity index is 0.00000200. The molecule has 0 aliphatic heterocycles. The molecule has 114 valence electrons. The van der Waals surface area contributed by atoms with Crippen LogP contribution in [0.3, 0.4) is 0 Å². The smallest absolute Gasteiger partial charge is 0.115 e. The van der Waals surface area contributed by atoms with Crippen LogP contribution in [0.1, 0.15) is 43.6 Å². The molecule has 3 nitrogen and oxygen atoms in total. The van der Waals surface area contributed by atoms with Crippen LogP contribution in [0.2, 0.25) is 0 Å². The third-order valence-corrected chi connectivity index (χ3v) is 4.21. The Morgan fingerprint density at radius 3 is 2.15 bits per heavy atom. The summed E-state index contributed by atoms with van der Waals surface area (Å²) in [5.41, 5.74) is 0.523. The average molecular weight is 300 g/mol. The quantitative estimate of drug-likeness (QED) is 0.897. The van der Waals surface area contributed by atoms with Gasteiger partial charge >= 0.3 is 0 Å². The van der Waals surface area contributed by atoms with E-state index in [-0.39, 0.29) is 24.1 Å². The fourth-order valence-electron chi connectivity index (χ4n) is 3.17. The first-order valence-electron chi connectivity index (χ1n) is 7.17. The second-order valence-electron chi connectivity index (χ2n) is 6.07. The molecule has 2 rings (SSSR count). The summed E-state index contributed by atoms with van der Waals surface area (Å²) < 4.78 is 0. The molecule has 0 bridgehead atoms. The Morgan fingerprint density at radius 1 is 1.10 bits per heavy atom. The number of phenolic OH excluding ortho intramolecular Hbond substituents is 1. The van der Waals surface area contributed by atoms with Crippen molar-refractivity contribution in [2.24, 2.45) is 0 Å².